The van der Waals surface area contributed by atoms with Crippen molar-refractivity contribution in [2.45, 2.75) is 51.5 Å². The average Bonchev–Trinajstić information content (AvgIpc) is 3.08. The normalized spacial score (nSPS) is 16.1. The van der Waals surface area contributed by atoms with Gasteiger partial charge in [-0.05, 0) is 24.3 Å². The van der Waals surface area contributed by atoms with E-state index in [9.17, 15) is 0 Å². The number of benzene rings is 1. The lowest BCUT2D eigenvalue weighted by molar-refractivity contribution is 0.468. The fourth-order valence-corrected chi connectivity index (χ4v) is 3.01. The molecule has 1 aromatic carbocycles. The van der Waals surface area contributed by atoms with Crippen molar-refractivity contribution in [1.82, 2.24) is 9.78 Å². The SMILES string of the molecule is CC(C)c1ccc(-c2nn(C3CCCC3)cc2N)cc1. The lowest BCUT2D eigenvalue weighted by Crippen LogP contribution is -2.04. The minimum atomic E-state index is 0.543. The zero-order valence-corrected chi connectivity index (χ0v) is 12.3. The van der Waals surface area contributed by atoms with Gasteiger partial charge in [-0.1, -0.05) is 51.0 Å². The van der Waals surface area contributed by atoms with Crippen molar-refractivity contribution < 1.29 is 0 Å². The number of hydrogen-bond donors (Lipinski definition) is 1. The zero-order chi connectivity index (χ0) is 14.1. The molecule has 3 heteroatoms. The maximum atomic E-state index is 6.16. The topological polar surface area (TPSA) is 43.8 Å². The molecule has 20 heavy (non-hydrogen) atoms. The predicted octanol–water partition coefficient (Wildman–Crippen LogP) is 4.37. The van der Waals surface area contributed by atoms with E-state index in [4.69, 9.17) is 10.8 Å². The summed E-state index contributed by atoms with van der Waals surface area (Å²) in [5.41, 5.74) is 10.3. The molecule has 0 amide bonds. The highest BCUT2D eigenvalue weighted by Gasteiger charge is 2.19. The van der Waals surface area contributed by atoms with Gasteiger partial charge < -0.3 is 5.73 Å². The summed E-state index contributed by atoms with van der Waals surface area (Å²) >= 11 is 0. The van der Waals surface area contributed by atoms with Crippen molar-refractivity contribution in [3.05, 3.63) is 36.0 Å². The first-order chi connectivity index (χ1) is 9.65. The van der Waals surface area contributed by atoms with E-state index < -0.39 is 0 Å². The molecule has 3 rings (SSSR count). The van der Waals surface area contributed by atoms with Crippen molar-refractivity contribution in [2.75, 3.05) is 5.73 Å². The number of hydrogen-bond acceptors (Lipinski definition) is 2. The molecule has 0 atom stereocenters. The molecule has 106 valence electrons. The van der Waals surface area contributed by atoms with Crippen LogP contribution < -0.4 is 5.73 Å². The van der Waals surface area contributed by atoms with Gasteiger partial charge in [0, 0.05) is 11.8 Å². The van der Waals surface area contributed by atoms with Crippen molar-refractivity contribution in [2.24, 2.45) is 0 Å². The zero-order valence-electron chi connectivity index (χ0n) is 12.3. The highest BCUT2D eigenvalue weighted by atomic mass is 15.3. The highest BCUT2D eigenvalue weighted by Crippen LogP contribution is 2.32. The van der Waals surface area contributed by atoms with Crippen molar-refractivity contribution in [3.8, 4) is 11.3 Å². The van der Waals surface area contributed by atoms with E-state index in [0.717, 1.165) is 16.9 Å². The summed E-state index contributed by atoms with van der Waals surface area (Å²) in [4.78, 5) is 0. The Morgan fingerprint density at radius 3 is 2.40 bits per heavy atom. The summed E-state index contributed by atoms with van der Waals surface area (Å²) in [6.45, 7) is 4.41. The van der Waals surface area contributed by atoms with Crippen LogP contribution in [0.2, 0.25) is 0 Å². The first-order valence-electron chi connectivity index (χ1n) is 7.60. The first kappa shape index (κ1) is 13.2. The summed E-state index contributed by atoms with van der Waals surface area (Å²) in [6, 6.07) is 9.16. The molecule has 0 bridgehead atoms. The van der Waals surface area contributed by atoms with Gasteiger partial charge in [-0.15, -0.1) is 0 Å². The minimum Gasteiger partial charge on any atom is -0.396 e. The number of anilines is 1. The lowest BCUT2D eigenvalue weighted by atomic mass is 10.0. The van der Waals surface area contributed by atoms with E-state index in [0.29, 0.717) is 12.0 Å². The highest BCUT2D eigenvalue weighted by molar-refractivity contribution is 5.72. The Morgan fingerprint density at radius 1 is 1.15 bits per heavy atom. The first-order valence-corrected chi connectivity index (χ1v) is 7.60. The maximum Gasteiger partial charge on any atom is 0.115 e. The Balaban J connectivity index is 1.89. The number of nitrogens with two attached hydrogens (primary N) is 1. The number of nitrogen functional groups attached to an aromatic ring is 1. The molecule has 1 aliphatic rings. The van der Waals surface area contributed by atoms with E-state index in [1.54, 1.807) is 0 Å². The van der Waals surface area contributed by atoms with Gasteiger partial charge in [0.2, 0.25) is 0 Å². The summed E-state index contributed by atoms with van der Waals surface area (Å²) in [7, 11) is 0. The van der Waals surface area contributed by atoms with Gasteiger partial charge in [0.25, 0.3) is 0 Å². The van der Waals surface area contributed by atoms with Gasteiger partial charge in [-0.2, -0.15) is 5.10 Å². The van der Waals surface area contributed by atoms with Crippen molar-refractivity contribution in [1.29, 1.82) is 0 Å². The Hall–Kier alpha value is -1.77. The third-order valence-electron chi connectivity index (χ3n) is 4.31. The van der Waals surface area contributed by atoms with Crippen LogP contribution in [-0.4, -0.2) is 9.78 Å². The van der Waals surface area contributed by atoms with Gasteiger partial charge in [-0.25, -0.2) is 0 Å². The maximum absolute atomic E-state index is 6.16. The van der Waals surface area contributed by atoms with Gasteiger partial charge in [-0.3, -0.25) is 4.68 Å². The Labute approximate surface area is 120 Å². The molecular formula is C17H23N3. The Morgan fingerprint density at radius 2 is 1.80 bits per heavy atom. The number of nitrogens with zero attached hydrogens (tertiary/aromatic N) is 2. The largest absolute Gasteiger partial charge is 0.396 e. The number of rotatable bonds is 3. The van der Waals surface area contributed by atoms with E-state index in [2.05, 4.69) is 42.8 Å². The van der Waals surface area contributed by atoms with Crippen LogP contribution >= 0.6 is 0 Å². The molecule has 0 radical (unpaired) electrons. The molecule has 1 aliphatic carbocycles. The molecular weight excluding hydrogens is 246 g/mol. The summed E-state index contributed by atoms with van der Waals surface area (Å²) < 4.78 is 2.08. The van der Waals surface area contributed by atoms with Crippen LogP contribution in [0.15, 0.2) is 30.5 Å². The van der Waals surface area contributed by atoms with E-state index in [1.807, 2.05) is 6.20 Å². The van der Waals surface area contributed by atoms with Gasteiger partial charge in [0.1, 0.15) is 5.69 Å². The molecule has 1 aromatic heterocycles. The van der Waals surface area contributed by atoms with Gasteiger partial charge in [0.05, 0.1) is 11.7 Å². The van der Waals surface area contributed by atoms with Crippen LogP contribution in [0, 0.1) is 0 Å². The molecule has 0 saturated heterocycles. The second-order valence-corrected chi connectivity index (χ2v) is 6.13. The Bertz CT molecular complexity index is 575. The van der Waals surface area contributed by atoms with Gasteiger partial charge >= 0.3 is 0 Å². The molecule has 0 aliphatic heterocycles. The van der Waals surface area contributed by atoms with Crippen LogP contribution in [0.1, 0.15) is 57.1 Å². The molecule has 1 heterocycles. The monoisotopic (exact) mass is 269 g/mol. The fourth-order valence-electron chi connectivity index (χ4n) is 3.01. The standard InChI is InChI=1S/C17H23N3/c1-12(2)13-7-9-14(10-8-13)17-16(18)11-20(19-17)15-5-3-4-6-15/h7-12,15H,3-6,18H2,1-2H3. The van der Waals surface area contributed by atoms with E-state index in [-0.39, 0.29) is 0 Å². The second kappa shape index (κ2) is 5.31. The third kappa shape index (κ3) is 2.45. The van der Waals surface area contributed by atoms with Crippen LogP contribution in [0.25, 0.3) is 11.3 Å². The molecule has 1 saturated carbocycles. The van der Waals surface area contributed by atoms with Crippen molar-refractivity contribution in [3.63, 3.8) is 0 Å². The summed E-state index contributed by atoms with van der Waals surface area (Å²) in [5, 5.41) is 4.73. The minimum absolute atomic E-state index is 0.543. The van der Waals surface area contributed by atoms with Crippen molar-refractivity contribution >= 4 is 5.69 Å². The molecule has 2 N–H and O–H groups in total. The molecule has 3 nitrogen and oxygen atoms in total. The second-order valence-electron chi connectivity index (χ2n) is 6.13. The van der Waals surface area contributed by atoms with Crippen LogP contribution in [0.5, 0.6) is 0 Å². The van der Waals surface area contributed by atoms with Crippen LogP contribution in [0.3, 0.4) is 0 Å². The van der Waals surface area contributed by atoms with E-state index >= 15 is 0 Å². The van der Waals surface area contributed by atoms with Gasteiger partial charge in [0.15, 0.2) is 0 Å². The fraction of sp³-hybridized carbons (Fsp3) is 0.471. The molecule has 0 spiro atoms. The molecule has 1 fully saturated rings. The summed E-state index contributed by atoms with van der Waals surface area (Å²) in [5.74, 6) is 0.553. The average molecular weight is 269 g/mol. The van der Waals surface area contributed by atoms with E-state index in [1.165, 1.54) is 31.2 Å². The third-order valence-corrected chi connectivity index (χ3v) is 4.31. The quantitative estimate of drug-likeness (QED) is 0.899. The lowest BCUT2D eigenvalue weighted by Gasteiger charge is -2.09. The molecule has 0 unspecified atom stereocenters. The summed E-state index contributed by atoms with van der Waals surface area (Å²) in [6.07, 6.45) is 7.08. The Kier molecular flexibility index (Phi) is 3.51. The molecule has 2 aromatic rings. The van der Waals surface area contributed by atoms with Crippen LogP contribution in [-0.2, 0) is 0 Å². The van der Waals surface area contributed by atoms with Crippen LogP contribution in [0.4, 0.5) is 5.69 Å². The smallest absolute Gasteiger partial charge is 0.115 e. The predicted molar refractivity (Wildman–Crippen MR) is 83.7 cm³/mol. The number of aromatic nitrogens is 2.